The number of aryl methyl sites for hydroxylation is 2. The molecule has 1 amide bonds. The Bertz CT molecular complexity index is 809. The van der Waals surface area contributed by atoms with Gasteiger partial charge in [0, 0.05) is 6.54 Å². The van der Waals surface area contributed by atoms with E-state index >= 15 is 0 Å². The van der Waals surface area contributed by atoms with Crippen LogP contribution >= 0.6 is 0 Å². The maximum atomic E-state index is 12.8. The Morgan fingerprint density at radius 2 is 2.04 bits per heavy atom. The number of hydrogen-bond acceptors (Lipinski definition) is 6. The second-order valence-electron chi connectivity index (χ2n) is 6.28. The molecule has 9 heteroatoms. The highest BCUT2D eigenvalue weighted by Crippen LogP contribution is 2.17. The van der Waals surface area contributed by atoms with E-state index in [1.807, 2.05) is 20.8 Å². The van der Waals surface area contributed by atoms with Crippen molar-refractivity contribution in [3.05, 3.63) is 29.1 Å². The number of nitrogens with zero attached hydrogens (tertiary/aromatic N) is 6. The van der Waals surface area contributed by atoms with Crippen LogP contribution in [0.3, 0.4) is 0 Å². The first-order valence-corrected chi connectivity index (χ1v) is 8.21. The summed E-state index contributed by atoms with van der Waals surface area (Å²) in [6, 6.07) is 1.68. The zero-order chi connectivity index (χ0) is 18.1. The molecule has 25 heavy (non-hydrogen) atoms. The summed E-state index contributed by atoms with van der Waals surface area (Å²) in [6.07, 6.45) is 0. The summed E-state index contributed by atoms with van der Waals surface area (Å²) in [7, 11) is 1.33. The number of aromatic nitrogens is 5. The molecule has 0 N–H and O–H groups in total. The zero-order valence-corrected chi connectivity index (χ0v) is 14.9. The van der Waals surface area contributed by atoms with Gasteiger partial charge in [-0.2, -0.15) is 10.2 Å². The lowest BCUT2D eigenvalue weighted by molar-refractivity contribution is -0.137. The van der Waals surface area contributed by atoms with Gasteiger partial charge in [-0.3, -0.25) is 9.48 Å². The molecule has 0 saturated heterocycles. The summed E-state index contributed by atoms with van der Waals surface area (Å²) >= 11 is 0. The molecule has 3 heterocycles. The van der Waals surface area contributed by atoms with Gasteiger partial charge in [0.25, 0.3) is 0 Å². The molecular weight excluding hydrogens is 324 g/mol. The fourth-order valence-corrected chi connectivity index (χ4v) is 3.04. The lowest BCUT2D eigenvalue weighted by Gasteiger charge is -2.30. The molecule has 1 aliphatic rings. The van der Waals surface area contributed by atoms with Crippen LogP contribution in [-0.4, -0.2) is 55.0 Å². The summed E-state index contributed by atoms with van der Waals surface area (Å²) in [5, 5.41) is 8.54. The number of fused-ring (bicyclic) bond motifs is 1. The Labute approximate surface area is 145 Å². The standard InChI is InChI=1S/C16H22N6O3/c1-10(8-22-12(3)17-11(2)18-22)15(23)20-5-6-21-13(9-20)7-14(19-21)16(24)25-4/h7,10H,5-6,8-9H2,1-4H3/t10-/m1/s1. The highest BCUT2D eigenvalue weighted by atomic mass is 16.5. The van der Waals surface area contributed by atoms with Crippen molar-refractivity contribution in [2.75, 3.05) is 13.7 Å². The molecule has 3 rings (SSSR count). The van der Waals surface area contributed by atoms with Gasteiger partial charge in [-0.25, -0.2) is 14.5 Å². The summed E-state index contributed by atoms with van der Waals surface area (Å²) in [5.41, 5.74) is 1.11. The van der Waals surface area contributed by atoms with E-state index in [-0.39, 0.29) is 17.5 Å². The van der Waals surface area contributed by atoms with Crippen molar-refractivity contribution >= 4 is 11.9 Å². The molecule has 0 radical (unpaired) electrons. The maximum Gasteiger partial charge on any atom is 0.358 e. The molecule has 1 aliphatic heterocycles. The van der Waals surface area contributed by atoms with Crippen molar-refractivity contribution in [3.63, 3.8) is 0 Å². The first-order valence-electron chi connectivity index (χ1n) is 8.21. The zero-order valence-electron chi connectivity index (χ0n) is 14.9. The van der Waals surface area contributed by atoms with Gasteiger partial charge >= 0.3 is 5.97 Å². The Hall–Kier alpha value is -2.71. The normalized spacial score (nSPS) is 15.0. The van der Waals surface area contributed by atoms with Crippen molar-refractivity contribution in [2.45, 2.75) is 40.4 Å². The van der Waals surface area contributed by atoms with Crippen LogP contribution in [0.5, 0.6) is 0 Å². The van der Waals surface area contributed by atoms with E-state index in [2.05, 4.69) is 15.2 Å². The molecule has 0 bridgehead atoms. The highest BCUT2D eigenvalue weighted by molar-refractivity contribution is 5.87. The van der Waals surface area contributed by atoms with Crippen molar-refractivity contribution < 1.29 is 14.3 Å². The van der Waals surface area contributed by atoms with Crippen molar-refractivity contribution in [1.29, 1.82) is 0 Å². The molecule has 1 atom stereocenters. The fraction of sp³-hybridized carbons (Fsp3) is 0.562. The van der Waals surface area contributed by atoms with E-state index in [0.717, 1.165) is 11.5 Å². The molecule has 134 valence electrons. The number of carbonyl (C=O) groups excluding carboxylic acids is 2. The van der Waals surface area contributed by atoms with Crippen LogP contribution in [0.4, 0.5) is 0 Å². The van der Waals surface area contributed by atoms with Crippen LogP contribution in [0.25, 0.3) is 0 Å². The molecule has 2 aromatic rings. The van der Waals surface area contributed by atoms with Crippen LogP contribution in [-0.2, 0) is 29.2 Å². The number of hydrogen-bond donors (Lipinski definition) is 0. The Balaban J connectivity index is 1.68. The van der Waals surface area contributed by atoms with E-state index in [4.69, 9.17) is 4.74 Å². The van der Waals surface area contributed by atoms with Crippen molar-refractivity contribution in [1.82, 2.24) is 29.4 Å². The van der Waals surface area contributed by atoms with Crippen LogP contribution in [0.2, 0.25) is 0 Å². The number of carbonyl (C=O) groups is 2. The van der Waals surface area contributed by atoms with Gasteiger partial charge in [-0.1, -0.05) is 6.92 Å². The third-order valence-electron chi connectivity index (χ3n) is 4.34. The molecule has 2 aromatic heterocycles. The van der Waals surface area contributed by atoms with Gasteiger partial charge in [-0.15, -0.1) is 0 Å². The Morgan fingerprint density at radius 1 is 1.28 bits per heavy atom. The molecular formula is C16H22N6O3. The predicted molar refractivity (Wildman–Crippen MR) is 87.6 cm³/mol. The first-order chi connectivity index (χ1) is 11.9. The molecule has 0 fully saturated rings. The summed E-state index contributed by atoms with van der Waals surface area (Å²) in [6.45, 7) is 7.66. The minimum absolute atomic E-state index is 0.0552. The predicted octanol–water partition coefficient (Wildman–Crippen LogP) is 0.557. The minimum Gasteiger partial charge on any atom is -0.464 e. The van der Waals surface area contributed by atoms with Crippen LogP contribution in [0, 0.1) is 19.8 Å². The number of ether oxygens (including phenoxy) is 1. The number of amides is 1. The third kappa shape index (κ3) is 3.40. The van der Waals surface area contributed by atoms with Crippen LogP contribution in [0.1, 0.15) is 34.8 Å². The quantitative estimate of drug-likeness (QED) is 0.751. The smallest absolute Gasteiger partial charge is 0.358 e. The number of methoxy groups -OCH3 is 1. The number of esters is 1. The summed E-state index contributed by atoms with van der Waals surface area (Å²) < 4.78 is 8.22. The van der Waals surface area contributed by atoms with Gasteiger partial charge in [0.1, 0.15) is 11.6 Å². The van der Waals surface area contributed by atoms with Gasteiger partial charge in [-0.05, 0) is 19.9 Å². The second-order valence-corrected chi connectivity index (χ2v) is 6.28. The summed E-state index contributed by atoms with van der Waals surface area (Å²) in [4.78, 5) is 30.4. The Kier molecular flexibility index (Phi) is 4.56. The minimum atomic E-state index is -0.467. The van der Waals surface area contributed by atoms with E-state index in [1.54, 1.807) is 20.3 Å². The fourth-order valence-electron chi connectivity index (χ4n) is 3.04. The number of rotatable bonds is 4. The average molecular weight is 346 g/mol. The largest absolute Gasteiger partial charge is 0.464 e. The Morgan fingerprint density at radius 3 is 2.68 bits per heavy atom. The maximum absolute atomic E-state index is 12.8. The monoisotopic (exact) mass is 346 g/mol. The first kappa shape index (κ1) is 17.1. The lowest BCUT2D eigenvalue weighted by Crippen LogP contribution is -2.42. The second kappa shape index (κ2) is 6.66. The van der Waals surface area contributed by atoms with Crippen molar-refractivity contribution in [3.8, 4) is 0 Å². The SMILES string of the molecule is COC(=O)c1cc2n(n1)CCN(C(=O)[C@H](C)Cn1nc(C)nc1C)C2. The van der Waals surface area contributed by atoms with E-state index in [0.29, 0.717) is 32.0 Å². The third-order valence-corrected chi connectivity index (χ3v) is 4.34. The molecule has 9 nitrogen and oxygen atoms in total. The molecule has 0 unspecified atom stereocenters. The molecule has 0 aromatic carbocycles. The molecule has 0 spiro atoms. The van der Waals surface area contributed by atoms with Crippen molar-refractivity contribution in [2.24, 2.45) is 5.92 Å². The van der Waals surface area contributed by atoms with Gasteiger partial charge < -0.3 is 9.64 Å². The molecule has 0 saturated carbocycles. The summed E-state index contributed by atoms with van der Waals surface area (Å²) in [5.74, 6) is 0.880. The van der Waals surface area contributed by atoms with E-state index in [1.165, 1.54) is 7.11 Å². The van der Waals surface area contributed by atoms with E-state index < -0.39 is 5.97 Å². The van der Waals surface area contributed by atoms with Gasteiger partial charge in [0.2, 0.25) is 5.91 Å². The van der Waals surface area contributed by atoms with Gasteiger partial charge in [0.05, 0.1) is 38.4 Å². The average Bonchev–Trinajstić information content (AvgIpc) is 3.15. The highest BCUT2D eigenvalue weighted by Gasteiger charge is 2.27. The van der Waals surface area contributed by atoms with Crippen LogP contribution < -0.4 is 0 Å². The topological polar surface area (TPSA) is 95.1 Å². The van der Waals surface area contributed by atoms with Crippen LogP contribution in [0.15, 0.2) is 6.07 Å². The lowest BCUT2D eigenvalue weighted by atomic mass is 10.1. The van der Waals surface area contributed by atoms with E-state index in [9.17, 15) is 9.59 Å². The van der Waals surface area contributed by atoms with Gasteiger partial charge in [0.15, 0.2) is 5.69 Å². The molecule has 0 aliphatic carbocycles.